The highest BCUT2D eigenvalue weighted by atomic mass is 79.9. The van der Waals surface area contributed by atoms with E-state index in [9.17, 15) is 4.79 Å². The molecule has 0 unspecified atom stereocenters. The first-order chi connectivity index (χ1) is 15.1. The van der Waals surface area contributed by atoms with Crippen LogP contribution in [0.15, 0.2) is 76.4 Å². The number of thioether (sulfide) groups is 1. The molecule has 0 bridgehead atoms. The minimum Gasteiger partial charge on any atom is -0.284 e. The van der Waals surface area contributed by atoms with E-state index in [1.807, 2.05) is 30.3 Å². The van der Waals surface area contributed by atoms with Crippen molar-refractivity contribution in [3.8, 4) is 0 Å². The first-order valence-electron chi connectivity index (χ1n) is 10.0. The van der Waals surface area contributed by atoms with Gasteiger partial charge in [0, 0.05) is 28.2 Å². The van der Waals surface area contributed by atoms with Crippen LogP contribution < -0.4 is 4.90 Å². The van der Waals surface area contributed by atoms with Crippen LogP contribution in [0.2, 0.25) is 0 Å². The smallest absolute Gasteiger partial charge is 0.229 e. The lowest BCUT2D eigenvalue weighted by molar-refractivity contribution is -0.118. The Balaban J connectivity index is 1.46. The highest BCUT2D eigenvalue weighted by Gasteiger charge is 2.20. The molecule has 0 fully saturated rings. The highest BCUT2D eigenvalue weighted by molar-refractivity contribution is 9.10. The molecule has 2 aromatic heterocycles. The Morgan fingerprint density at radius 1 is 1.16 bits per heavy atom. The summed E-state index contributed by atoms with van der Waals surface area (Å²) in [6.07, 6.45) is 4.85. The van der Waals surface area contributed by atoms with Crippen LogP contribution in [0, 0.1) is 6.92 Å². The molecular formula is C24H22BrN3OS2. The van der Waals surface area contributed by atoms with Gasteiger partial charge in [0.25, 0.3) is 0 Å². The van der Waals surface area contributed by atoms with Crippen molar-refractivity contribution in [2.24, 2.45) is 0 Å². The van der Waals surface area contributed by atoms with Gasteiger partial charge in [0.15, 0.2) is 5.13 Å². The number of thiazole rings is 1. The van der Waals surface area contributed by atoms with Gasteiger partial charge in [0.05, 0.1) is 16.8 Å². The van der Waals surface area contributed by atoms with Crippen LogP contribution in [0.25, 0.3) is 10.2 Å². The summed E-state index contributed by atoms with van der Waals surface area (Å²) >= 11 is 6.85. The molecule has 0 radical (unpaired) electrons. The standard InChI is InChI=1S/C24H22BrN3OS2/c1-17-6-9-20(10-7-17)30-13-3-5-23(29)28(16-18-4-2-12-26-15-18)24-27-21-11-8-19(25)14-22(21)31-24/h2,4,6-12,14-15H,3,5,13,16H2,1H3. The number of amides is 1. The molecule has 158 valence electrons. The molecule has 4 nitrogen and oxygen atoms in total. The van der Waals surface area contributed by atoms with Gasteiger partial charge in [-0.15, -0.1) is 11.8 Å². The zero-order chi connectivity index (χ0) is 21.6. The number of hydrogen-bond donors (Lipinski definition) is 0. The summed E-state index contributed by atoms with van der Waals surface area (Å²) in [6.45, 7) is 2.56. The van der Waals surface area contributed by atoms with E-state index < -0.39 is 0 Å². The Hall–Kier alpha value is -2.22. The summed E-state index contributed by atoms with van der Waals surface area (Å²) in [6, 6.07) is 18.4. The van der Waals surface area contributed by atoms with Crippen LogP contribution in [-0.4, -0.2) is 21.6 Å². The van der Waals surface area contributed by atoms with E-state index in [1.54, 1.807) is 40.4 Å². The number of nitrogens with zero attached hydrogens (tertiary/aromatic N) is 3. The van der Waals surface area contributed by atoms with E-state index in [1.165, 1.54) is 10.5 Å². The number of benzene rings is 2. The largest absolute Gasteiger partial charge is 0.284 e. The fraction of sp³-hybridized carbons (Fsp3) is 0.208. The third-order valence-electron chi connectivity index (χ3n) is 4.76. The van der Waals surface area contributed by atoms with Crippen LogP contribution in [0.4, 0.5) is 5.13 Å². The lowest BCUT2D eigenvalue weighted by Gasteiger charge is -2.20. The quantitative estimate of drug-likeness (QED) is 0.191. The summed E-state index contributed by atoms with van der Waals surface area (Å²) in [5, 5.41) is 0.730. The molecule has 0 N–H and O–H groups in total. The Kier molecular flexibility index (Phi) is 7.37. The van der Waals surface area contributed by atoms with Crippen LogP contribution in [-0.2, 0) is 11.3 Å². The number of hydrogen-bond acceptors (Lipinski definition) is 5. The molecule has 0 spiro atoms. The van der Waals surface area contributed by atoms with Gasteiger partial charge in [-0.05, 0) is 61.1 Å². The fourth-order valence-electron chi connectivity index (χ4n) is 3.12. The zero-order valence-electron chi connectivity index (χ0n) is 17.1. The van der Waals surface area contributed by atoms with E-state index in [4.69, 9.17) is 4.98 Å². The lowest BCUT2D eigenvalue weighted by Crippen LogP contribution is -2.30. The average Bonchev–Trinajstić information content (AvgIpc) is 3.19. The van der Waals surface area contributed by atoms with Crippen LogP contribution in [0.3, 0.4) is 0 Å². The second kappa shape index (κ2) is 10.4. The van der Waals surface area contributed by atoms with Gasteiger partial charge in [0.2, 0.25) is 5.91 Å². The maximum Gasteiger partial charge on any atom is 0.229 e. The monoisotopic (exact) mass is 511 g/mol. The molecule has 7 heteroatoms. The van der Waals surface area contributed by atoms with Gasteiger partial charge in [-0.2, -0.15) is 0 Å². The van der Waals surface area contributed by atoms with Gasteiger partial charge >= 0.3 is 0 Å². The summed E-state index contributed by atoms with van der Waals surface area (Å²) < 4.78 is 2.07. The first-order valence-corrected chi connectivity index (χ1v) is 12.6. The molecular weight excluding hydrogens is 490 g/mol. The van der Waals surface area contributed by atoms with E-state index in [-0.39, 0.29) is 5.91 Å². The number of anilines is 1. The second-order valence-corrected chi connectivity index (χ2v) is 10.3. The minimum absolute atomic E-state index is 0.0893. The zero-order valence-corrected chi connectivity index (χ0v) is 20.3. The molecule has 0 aliphatic carbocycles. The number of carbonyl (C=O) groups is 1. The van der Waals surface area contributed by atoms with Crippen LogP contribution in [0.5, 0.6) is 0 Å². The molecule has 0 atom stereocenters. The van der Waals surface area contributed by atoms with Gasteiger partial charge in [-0.3, -0.25) is 14.7 Å². The molecule has 0 saturated heterocycles. The van der Waals surface area contributed by atoms with E-state index >= 15 is 0 Å². The number of fused-ring (bicyclic) bond motifs is 1. The summed E-state index contributed by atoms with van der Waals surface area (Å²) in [4.78, 5) is 25.2. The van der Waals surface area contributed by atoms with E-state index in [2.05, 4.69) is 52.1 Å². The van der Waals surface area contributed by atoms with E-state index in [0.717, 1.165) is 37.6 Å². The number of aryl methyl sites for hydroxylation is 1. The average molecular weight is 512 g/mol. The normalized spacial score (nSPS) is 11.0. The van der Waals surface area contributed by atoms with Crippen molar-refractivity contribution in [1.82, 2.24) is 9.97 Å². The van der Waals surface area contributed by atoms with Crippen LogP contribution in [0.1, 0.15) is 24.0 Å². The Labute approximate surface area is 198 Å². The Bertz CT molecular complexity index is 1160. The molecule has 4 aromatic rings. The fourth-order valence-corrected chi connectivity index (χ4v) is 5.51. The van der Waals surface area contributed by atoms with Gasteiger partial charge in [-0.25, -0.2) is 4.98 Å². The van der Waals surface area contributed by atoms with Gasteiger partial charge in [-0.1, -0.05) is 51.0 Å². The summed E-state index contributed by atoms with van der Waals surface area (Å²) in [5.41, 5.74) is 3.15. The molecule has 0 saturated carbocycles. The third-order valence-corrected chi connectivity index (χ3v) is 7.39. The Morgan fingerprint density at radius 3 is 2.77 bits per heavy atom. The molecule has 2 heterocycles. The maximum absolute atomic E-state index is 13.2. The van der Waals surface area contributed by atoms with Crippen molar-refractivity contribution in [3.05, 3.63) is 82.6 Å². The SMILES string of the molecule is Cc1ccc(SCCCC(=O)N(Cc2cccnc2)c2nc3ccc(Br)cc3s2)cc1. The minimum atomic E-state index is 0.0893. The number of halogens is 1. The van der Waals surface area contributed by atoms with Gasteiger partial charge < -0.3 is 0 Å². The van der Waals surface area contributed by atoms with Crippen molar-refractivity contribution in [2.45, 2.75) is 31.2 Å². The molecule has 0 aliphatic heterocycles. The second-order valence-electron chi connectivity index (χ2n) is 7.21. The van der Waals surface area contributed by atoms with E-state index in [0.29, 0.717) is 13.0 Å². The number of carbonyl (C=O) groups excluding carboxylic acids is 1. The molecule has 1 amide bonds. The molecule has 2 aromatic carbocycles. The predicted octanol–water partition coefficient (Wildman–Crippen LogP) is 6.87. The van der Waals surface area contributed by atoms with Crippen LogP contribution >= 0.6 is 39.0 Å². The van der Waals surface area contributed by atoms with Gasteiger partial charge in [0.1, 0.15) is 0 Å². The Morgan fingerprint density at radius 2 is 2.00 bits per heavy atom. The van der Waals surface area contributed by atoms with Crippen molar-refractivity contribution >= 4 is 60.3 Å². The van der Waals surface area contributed by atoms with Crippen molar-refractivity contribution < 1.29 is 4.79 Å². The molecule has 0 aliphatic rings. The topological polar surface area (TPSA) is 46.1 Å². The molecule has 31 heavy (non-hydrogen) atoms. The number of rotatable bonds is 8. The maximum atomic E-state index is 13.2. The summed E-state index contributed by atoms with van der Waals surface area (Å²) in [7, 11) is 0. The first kappa shape index (κ1) is 22.0. The van der Waals surface area contributed by atoms with Crippen molar-refractivity contribution in [2.75, 3.05) is 10.7 Å². The van der Waals surface area contributed by atoms with Crippen molar-refractivity contribution in [1.29, 1.82) is 0 Å². The number of pyridine rings is 1. The lowest BCUT2D eigenvalue weighted by atomic mass is 10.2. The predicted molar refractivity (Wildman–Crippen MR) is 134 cm³/mol. The highest BCUT2D eigenvalue weighted by Crippen LogP contribution is 2.32. The number of aromatic nitrogens is 2. The summed E-state index contributed by atoms with van der Waals surface area (Å²) in [5.74, 6) is 0.994. The molecule has 4 rings (SSSR count). The third kappa shape index (κ3) is 5.93. The van der Waals surface area contributed by atoms with Crippen molar-refractivity contribution in [3.63, 3.8) is 0 Å².